The Bertz CT molecular complexity index is 821. The number of aromatic nitrogens is 3. The lowest BCUT2D eigenvalue weighted by Crippen LogP contribution is -2.23. The van der Waals surface area contributed by atoms with Gasteiger partial charge < -0.3 is 9.32 Å². The largest absolute Gasteiger partial charge is 0.443 e. The highest BCUT2D eigenvalue weighted by atomic mass is 19.1. The van der Waals surface area contributed by atoms with E-state index in [-0.39, 0.29) is 11.9 Å². The molecule has 0 saturated carbocycles. The van der Waals surface area contributed by atoms with Crippen LogP contribution in [0.2, 0.25) is 0 Å². The Hall–Kier alpha value is -2.76. The van der Waals surface area contributed by atoms with Crippen molar-refractivity contribution in [3.05, 3.63) is 72.1 Å². The molecule has 0 amide bonds. The predicted octanol–water partition coefficient (Wildman–Crippen LogP) is 3.54. The Labute approximate surface area is 139 Å². The van der Waals surface area contributed by atoms with Gasteiger partial charge in [-0.2, -0.15) is 0 Å². The molecule has 3 aromatic rings. The first-order chi connectivity index (χ1) is 11.8. The third-order valence-electron chi connectivity index (χ3n) is 4.24. The molecule has 1 aliphatic heterocycles. The number of nitrogens with zero attached hydrogens (tertiary/aromatic N) is 4. The summed E-state index contributed by atoms with van der Waals surface area (Å²) in [6, 6.07) is 8.53. The Kier molecular flexibility index (Phi) is 3.94. The van der Waals surface area contributed by atoms with E-state index in [1.807, 2.05) is 12.1 Å². The van der Waals surface area contributed by atoms with Crippen molar-refractivity contribution in [2.75, 3.05) is 11.4 Å². The second kappa shape index (κ2) is 6.39. The van der Waals surface area contributed by atoms with Crippen molar-refractivity contribution in [1.29, 1.82) is 0 Å². The van der Waals surface area contributed by atoms with E-state index in [4.69, 9.17) is 4.42 Å². The zero-order valence-corrected chi connectivity index (χ0v) is 13.1. The summed E-state index contributed by atoms with van der Waals surface area (Å²) in [4.78, 5) is 14.9. The Morgan fingerprint density at radius 1 is 1.25 bits per heavy atom. The minimum Gasteiger partial charge on any atom is -0.443 e. The van der Waals surface area contributed by atoms with Crippen LogP contribution in [0.4, 0.5) is 10.2 Å². The normalized spacial score (nSPS) is 17.4. The van der Waals surface area contributed by atoms with Crippen molar-refractivity contribution in [2.24, 2.45) is 0 Å². The fourth-order valence-electron chi connectivity index (χ4n) is 3.16. The topological polar surface area (TPSA) is 55.1 Å². The zero-order chi connectivity index (χ0) is 16.4. The van der Waals surface area contributed by atoms with Gasteiger partial charge in [0.05, 0.1) is 6.20 Å². The molecule has 3 heterocycles. The maximum Gasteiger partial charge on any atom is 0.217 e. The minimum atomic E-state index is -0.238. The summed E-state index contributed by atoms with van der Waals surface area (Å²) in [5.41, 5.74) is 0.872. The molecule has 1 aliphatic rings. The van der Waals surface area contributed by atoms with E-state index in [0.717, 1.165) is 36.5 Å². The number of hydrogen-bond acceptors (Lipinski definition) is 5. The van der Waals surface area contributed by atoms with Crippen molar-refractivity contribution in [2.45, 2.75) is 25.3 Å². The summed E-state index contributed by atoms with van der Waals surface area (Å²) in [7, 11) is 0. The first-order valence-electron chi connectivity index (χ1n) is 8.01. The van der Waals surface area contributed by atoms with E-state index >= 15 is 0 Å². The van der Waals surface area contributed by atoms with Crippen molar-refractivity contribution >= 4 is 5.82 Å². The van der Waals surface area contributed by atoms with E-state index in [1.54, 1.807) is 24.8 Å². The second-order valence-electron chi connectivity index (χ2n) is 5.89. The first kappa shape index (κ1) is 14.8. The summed E-state index contributed by atoms with van der Waals surface area (Å²) in [5, 5.41) is 0. The molecule has 4 rings (SSSR count). The SMILES string of the molecule is Fc1cccc(Cc2cnc(C3CCCN3c3ccncn3)o2)c1. The summed E-state index contributed by atoms with van der Waals surface area (Å²) in [6.45, 7) is 0.920. The van der Waals surface area contributed by atoms with Gasteiger partial charge in [0.1, 0.15) is 29.8 Å². The fourth-order valence-corrected chi connectivity index (χ4v) is 3.16. The van der Waals surface area contributed by atoms with Crippen molar-refractivity contribution < 1.29 is 8.81 Å². The Balaban J connectivity index is 1.54. The standard InChI is InChI=1S/C18H17FN4O/c19-14-4-1-3-13(9-14)10-15-11-21-18(24-15)16-5-2-8-23(16)17-6-7-20-12-22-17/h1,3-4,6-7,9,11-12,16H,2,5,8,10H2. The van der Waals surface area contributed by atoms with Crippen LogP contribution in [0.1, 0.15) is 36.1 Å². The van der Waals surface area contributed by atoms with Crippen LogP contribution in [0.25, 0.3) is 0 Å². The quantitative estimate of drug-likeness (QED) is 0.735. The van der Waals surface area contributed by atoms with Crippen LogP contribution < -0.4 is 4.90 Å². The van der Waals surface area contributed by atoms with Gasteiger partial charge in [-0.1, -0.05) is 12.1 Å². The molecule has 0 aliphatic carbocycles. The van der Waals surface area contributed by atoms with Gasteiger partial charge >= 0.3 is 0 Å². The highest BCUT2D eigenvalue weighted by molar-refractivity contribution is 5.40. The van der Waals surface area contributed by atoms with Crippen molar-refractivity contribution in [3.63, 3.8) is 0 Å². The van der Waals surface area contributed by atoms with Gasteiger partial charge in [0, 0.05) is 19.2 Å². The zero-order valence-electron chi connectivity index (χ0n) is 13.1. The Morgan fingerprint density at radius 3 is 3.04 bits per heavy atom. The third kappa shape index (κ3) is 2.99. The maximum absolute atomic E-state index is 13.3. The number of rotatable bonds is 4. The second-order valence-corrected chi connectivity index (χ2v) is 5.89. The molecule has 6 heteroatoms. The molecule has 2 aromatic heterocycles. The van der Waals surface area contributed by atoms with Crippen molar-refractivity contribution in [1.82, 2.24) is 15.0 Å². The molecule has 1 atom stereocenters. The van der Waals surface area contributed by atoms with E-state index in [2.05, 4.69) is 19.9 Å². The molecule has 0 spiro atoms. The fraction of sp³-hybridized carbons (Fsp3) is 0.278. The van der Waals surface area contributed by atoms with Crippen LogP contribution in [0.15, 0.2) is 53.5 Å². The summed E-state index contributed by atoms with van der Waals surface area (Å²) >= 11 is 0. The third-order valence-corrected chi connectivity index (χ3v) is 4.24. The minimum absolute atomic E-state index is 0.0844. The molecule has 1 saturated heterocycles. The van der Waals surface area contributed by atoms with Crippen molar-refractivity contribution in [3.8, 4) is 0 Å². The molecule has 24 heavy (non-hydrogen) atoms. The molecule has 1 fully saturated rings. The van der Waals surface area contributed by atoms with Crippen LogP contribution in [0, 0.1) is 5.82 Å². The molecular weight excluding hydrogens is 307 g/mol. The van der Waals surface area contributed by atoms with Crippen LogP contribution in [-0.2, 0) is 6.42 Å². The van der Waals surface area contributed by atoms with Gasteiger partial charge in [-0.3, -0.25) is 0 Å². The molecule has 1 aromatic carbocycles. The van der Waals surface area contributed by atoms with Gasteiger partial charge in [0.15, 0.2) is 0 Å². The monoisotopic (exact) mass is 324 g/mol. The number of hydrogen-bond donors (Lipinski definition) is 0. The lowest BCUT2D eigenvalue weighted by molar-refractivity contribution is 0.424. The average Bonchev–Trinajstić information content (AvgIpc) is 3.24. The molecule has 1 unspecified atom stereocenters. The van der Waals surface area contributed by atoms with Gasteiger partial charge in [0.25, 0.3) is 0 Å². The van der Waals surface area contributed by atoms with E-state index in [9.17, 15) is 4.39 Å². The highest BCUT2D eigenvalue weighted by Crippen LogP contribution is 2.34. The van der Waals surface area contributed by atoms with E-state index < -0.39 is 0 Å². The van der Waals surface area contributed by atoms with E-state index in [0.29, 0.717) is 12.3 Å². The summed E-state index contributed by atoms with van der Waals surface area (Å²) in [6.07, 6.45) is 7.60. The summed E-state index contributed by atoms with van der Waals surface area (Å²) in [5.74, 6) is 2.08. The first-order valence-corrected chi connectivity index (χ1v) is 8.01. The highest BCUT2D eigenvalue weighted by Gasteiger charge is 2.30. The molecule has 5 nitrogen and oxygen atoms in total. The Morgan fingerprint density at radius 2 is 2.21 bits per heavy atom. The molecule has 0 radical (unpaired) electrons. The summed E-state index contributed by atoms with van der Waals surface area (Å²) < 4.78 is 19.2. The predicted molar refractivity (Wildman–Crippen MR) is 87.1 cm³/mol. The number of oxazole rings is 1. The van der Waals surface area contributed by atoms with Crippen LogP contribution in [-0.4, -0.2) is 21.5 Å². The maximum atomic E-state index is 13.3. The number of halogens is 1. The number of benzene rings is 1. The van der Waals surface area contributed by atoms with Gasteiger partial charge in [-0.05, 0) is 36.6 Å². The van der Waals surface area contributed by atoms with Crippen LogP contribution >= 0.6 is 0 Å². The van der Waals surface area contributed by atoms with E-state index in [1.165, 1.54) is 12.1 Å². The van der Waals surface area contributed by atoms with Crippen LogP contribution in [0.3, 0.4) is 0 Å². The van der Waals surface area contributed by atoms with Gasteiger partial charge in [-0.25, -0.2) is 19.3 Å². The lowest BCUT2D eigenvalue weighted by Gasteiger charge is -2.22. The molecule has 0 N–H and O–H groups in total. The molecule has 0 bridgehead atoms. The molecule has 122 valence electrons. The smallest absolute Gasteiger partial charge is 0.217 e. The van der Waals surface area contributed by atoms with Crippen LogP contribution in [0.5, 0.6) is 0 Å². The average molecular weight is 324 g/mol. The van der Waals surface area contributed by atoms with Gasteiger partial charge in [-0.15, -0.1) is 0 Å². The van der Waals surface area contributed by atoms with Gasteiger partial charge in [0.2, 0.25) is 5.89 Å². The number of anilines is 1. The molecular formula is C18H17FN4O. The lowest BCUT2D eigenvalue weighted by atomic mass is 10.1.